The number of aliphatic carboxylic acids is 5. The number of hydrogen-bond acceptors (Lipinski definition) is 5. The minimum absolute atomic E-state index is 0.222. The van der Waals surface area contributed by atoms with Gasteiger partial charge in [-0.2, -0.15) is 0 Å². The van der Waals surface area contributed by atoms with Crippen LogP contribution in [0, 0.1) is 0 Å². The van der Waals surface area contributed by atoms with E-state index < -0.39 is 29.8 Å². The summed E-state index contributed by atoms with van der Waals surface area (Å²) >= 11 is 0. The molecule has 10 nitrogen and oxygen atoms in total. The van der Waals surface area contributed by atoms with Gasteiger partial charge in [-0.3, -0.25) is 24.0 Å². The van der Waals surface area contributed by atoms with Crippen molar-refractivity contribution in [1.82, 2.24) is 0 Å². The fourth-order valence-electron chi connectivity index (χ4n) is 1.07. The molecule has 0 atom stereocenters. The Labute approximate surface area is 178 Å². The molecular weight excluding hydrogens is 400 g/mol. The van der Waals surface area contributed by atoms with Crippen molar-refractivity contribution in [2.24, 2.45) is 0 Å². The fraction of sp³-hybridized carbons (Fsp3) is 0.750. The molecule has 0 saturated heterocycles. The maximum Gasteiger partial charge on any atom is 0.303 e. The number of hydrogen-bond donors (Lipinski definition) is 5. The first-order valence-electron chi connectivity index (χ1n) is 9.88. The summed E-state index contributed by atoms with van der Waals surface area (Å²) in [5.41, 5.74) is 0. The lowest BCUT2D eigenvalue weighted by Crippen LogP contribution is -1.92. The van der Waals surface area contributed by atoms with E-state index in [1.807, 2.05) is 13.8 Å². The molecule has 180 valence electrons. The highest BCUT2D eigenvalue weighted by Crippen LogP contribution is 1.97. The van der Waals surface area contributed by atoms with E-state index in [1.54, 1.807) is 6.92 Å². The maximum absolute atomic E-state index is 9.87. The molecule has 0 spiro atoms. The Morgan fingerprint density at radius 3 is 0.933 bits per heavy atom. The number of carbonyl (C=O) groups is 5. The molecule has 0 unspecified atom stereocenters. The lowest BCUT2D eigenvalue weighted by molar-refractivity contribution is -0.138. The van der Waals surface area contributed by atoms with Gasteiger partial charge in [0.2, 0.25) is 0 Å². The summed E-state index contributed by atoms with van der Waals surface area (Å²) in [6.07, 6.45) is 6.60. The molecule has 0 aliphatic carbocycles. The molecule has 0 rings (SSSR count). The molecule has 0 saturated carbocycles. The normalized spacial score (nSPS) is 8.17. The summed E-state index contributed by atoms with van der Waals surface area (Å²) in [5.74, 6) is -3.66. The van der Waals surface area contributed by atoms with Gasteiger partial charge in [0.1, 0.15) is 0 Å². The lowest BCUT2D eigenvalue weighted by Gasteiger charge is -1.89. The monoisotopic (exact) mass is 440 g/mol. The molecule has 0 aromatic rings. The van der Waals surface area contributed by atoms with Gasteiger partial charge in [-0.25, -0.2) is 0 Å². The summed E-state index contributed by atoms with van der Waals surface area (Å²) in [4.78, 5) is 47.6. The Morgan fingerprint density at radius 1 is 0.500 bits per heavy atom. The van der Waals surface area contributed by atoms with Crippen molar-refractivity contribution in [3.05, 3.63) is 0 Å². The van der Waals surface area contributed by atoms with Gasteiger partial charge in [-0.05, 0) is 19.3 Å². The van der Waals surface area contributed by atoms with E-state index in [-0.39, 0.29) is 6.42 Å². The minimum Gasteiger partial charge on any atom is -0.481 e. The second-order valence-electron chi connectivity index (χ2n) is 5.76. The van der Waals surface area contributed by atoms with Crippen molar-refractivity contribution in [2.45, 2.75) is 98.8 Å². The highest BCUT2D eigenvalue weighted by molar-refractivity contribution is 5.67. The summed E-state index contributed by atoms with van der Waals surface area (Å²) in [7, 11) is 0. The van der Waals surface area contributed by atoms with Crippen molar-refractivity contribution in [3.8, 4) is 0 Å². The molecule has 0 aromatic heterocycles. The first-order valence-corrected chi connectivity index (χ1v) is 9.88. The molecule has 10 heteroatoms. The van der Waals surface area contributed by atoms with Gasteiger partial charge in [0.25, 0.3) is 5.97 Å². The Hall–Kier alpha value is -2.65. The van der Waals surface area contributed by atoms with Crippen LogP contribution in [0.15, 0.2) is 0 Å². The van der Waals surface area contributed by atoms with Crippen LogP contribution in [-0.4, -0.2) is 55.4 Å². The van der Waals surface area contributed by atoms with Crippen LogP contribution in [0.5, 0.6) is 0 Å². The third-order valence-corrected chi connectivity index (χ3v) is 2.50. The third-order valence-electron chi connectivity index (χ3n) is 2.50. The molecule has 0 amide bonds. The molecule has 0 bridgehead atoms. The van der Waals surface area contributed by atoms with Crippen LogP contribution in [0.1, 0.15) is 98.8 Å². The average Bonchev–Trinajstić information content (AvgIpc) is 2.61. The van der Waals surface area contributed by atoms with Crippen LogP contribution in [0.2, 0.25) is 0 Å². The Morgan fingerprint density at radius 2 is 0.800 bits per heavy atom. The second-order valence-corrected chi connectivity index (χ2v) is 5.76. The Bertz CT molecular complexity index is 429. The number of rotatable bonds is 10. The maximum atomic E-state index is 9.87. The van der Waals surface area contributed by atoms with Gasteiger partial charge in [0.05, 0.1) is 0 Å². The fourth-order valence-corrected chi connectivity index (χ4v) is 1.07. The zero-order valence-corrected chi connectivity index (χ0v) is 18.8. The van der Waals surface area contributed by atoms with E-state index in [0.29, 0.717) is 19.3 Å². The lowest BCUT2D eigenvalue weighted by atomic mass is 10.2. The van der Waals surface area contributed by atoms with E-state index in [2.05, 4.69) is 6.92 Å². The van der Waals surface area contributed by atoms with E-state index in [0.717, 1.165) is 45.4 Å². The summed E-state index contributed by atoms with van der Waals surface area (Å²) in [5, 5.41) is 39.2. The first-order chi connectivity index (χ1) is 13.8. The van der Waals surface area contributed by atoms with Crippen LogP contribution in [0.3, 0.4) is 0 Å². The topological polar surface area (TPSA) is 186 Å². The molecule has 0 aliphatic heterocycles. The van der Waals surface area contributed by atoms with Crippen LogP contribution >= 0.6 is 0 Å². The zero-order chi connectivity index (χ0) is 25.0. The molecule has 30 heavy (non-hydrogen) atoms. The van der Waals surface area contributed by atoms with Gasteiger partial charge >= 0.3 is 23.9 Å². The molecule has 0 radical (unpaired) electrons. The molecule has 0 heterocycles. The minimum atomic E-state index is -0.833. The van der Waals surface area contributed by atoms with Gasteiger partial charge in [-0.15, -0.1) is 0 Å². The van der Waals surface area contributed by atoms with Gasteiger partial charge in [0.15, 0.2) is 0 Å². The SMILES string of the molecule is CC(=O)O.CCC(=O)O.CCCC(=O)O.CCCCC(=O)O.CCCCCC(=O)O. The van der Waals surface area contributed by atoms with Crippen molar-refractivity contribution < 1.29 is 49.5 Å². The van der Waals surface area contributed by atoms with Crippen LogP contribution in [-0.2, 0) is 24.0 Å². The summed E-state index contributed by atoms with van der Waals surface area (Å²) < 4.78 is 0. The van der Waals surface area contributed by atoms with Crippen molar-refractivity contribution in [3.63, 3.8) is 0 Å². The third kappa shape index (κ3) is 117. The Kier molecular flexibility index (Phi) is 43.0. The van der Waals surface area contributed by atoms with Gasteiger partial charge in [-0.1, -0.05) is 47.0 Å². The van der Waals surface area contributed by atoms with Gasteiger partial charge in [0, 0.05) is 32.6 Å². The van der Waals surface area contributed by atoms with Crippen LogP contribution in [0.4, 0.5) is 0 Å². The molecule has 5 N–H and O–H groups in total. The van der Waals surface area contributed by atoms with E-state index in [1.165, 1.54) is 0 Å². The molecule has 0 aliphatic rings. The predicted molar refractivity (Wildman–Crippen MR) is 113 cm³/mol. The smallest absolute Gasteiger partial charge is 0.303 e. The Balaban J connectivity index is -0.0000000886. The number of unbranched alkanes of at least 4 members (excludes halogenated alkanes) is 3. The summed E-state index contributed by atoms with van der Waals surface area (Å²) in [6, 6.07) is 0. The van der Waals surface area contributed by atoms with Crippen molar-refractivity contribution in [2.75, 3.05) is 0 Å². The van der Waals surface area contributed by atoms with Crippen molar-refractivity contribution >= 4 is 29.8 Å². The van der Waals surface area contributed by atoms with E-state index in [4.69, 9.17) is 30.3 Å². The number of carboxylic acids is 5. The standard InChI is InChI=1S/C6H12O2.C5H10O2.C4H8O2.C3H6O2.C2H4O2/c1-2-3-4-5-6(7)8;1-2-3-4-5(6)7;1-2-3-4(5)6;1-2-3(4)5;1-2(3)4/h2-5H2,1H3,(H,7,8);2-4H2,1H3,(H,6,7);2-3H2,1H3,(H,5,6);2H2,1H3,(H,4,5);1H3,(H,3,4). The summed E-state index contributed by atoms with van der Waals surface area (Å²) in [6.45, 7) is 8.56. The second kappa shape index (κ2) is 33.9. The van der Waals surface area contributed by atoms with Crippen molar-refractivity contribution in [1.29, 1.82) is 0 Å². The number of carboxylic acid groups (broad SMARTS) is 5. The highest BCUT2D eigenvalue weighted by Gasteiger charge is 1.93. The molecule has 0 fully saturated rings. The highest BCUT2D eigenvalue weighted by atomic mass is 16.4. The average molecular weight is 441 g/mol. The quantitative estimate of drug-likeness (QED) is 0.305. The zero-order valence-electron chi connectivity index (χ0n) is 18.8. The van der Waals surface area contributed by atoms with E-state index in [9.17, 15) is 19.2 Å². The molecular formula is C20H40O10. The largest absolute Gasteiger partial charge is 0.481 e. The first kappa shape index (κ1) is 38.0. The predicted octanol–water partition coefficient (Wildman–Crippen LogP) is 4.36. The van der Waals surface area contributed by atoms with E-state index >= 15 is 0 Å². The van der Waals surface area contributed by atoms with Crippen LogP contribution < -0.4 is 0 Å². The molecule has 0 aromatic carbocycles. The van der Waals surface area contributed by atoms with Crippen LogP contribution in [0.25, 0.3) is 0 Å². The van der Waals surface area contributed by atoms with Gasteiger partial charge < -0.3 is 25.5 Å².